The highest BCUT2D eigenvalue weighted by Crippen LogP contribution is 2.30. The van der Waals surface area contributed by atoms with Crippen LogP contribution in [-0.2, 0) is 16.0 Å². The Morgan fingerprint density at radius 1 is 0.964 bits per heavy atom. The highest BCUT2D eigenvalue weighted by Gasteiger charge is 2.29. The lowest BCUT2D eigenvalue weighted by Gasteiger charge is -2.27. The number of benzene rings is 2. The average molecular weight is 399 g/mol. The van der Waals surface area contributed by atoms with Crippen molar-refractivity contribution in [3.05, 3.63) is 64.7 Å². The minimum atomic E-state index is -0.0184. The molecule has 2 aromatic carbocycles. The molecule has 1 aliphatic carbocycles. The van der Waals surface area contributed by atoms with Crippen LogP contribution in [0.4, 0.5) is 5.69 Å². The number of hydrogen-bond donors (Lipinski definition) is 2. The van der Waals surface area contributed by atoms with E-state index in [0.29, 0.717) is 11.6 Å². The van der Waals surface area contributed by atoms with Crippen molar-refractivity contribution in [1.82, 2.24) is 5.32 Å². The van der Waals surface area contributed by atoms with Crippen LogP contribution in [0.25, 0.3) is 0 Å². The van der Waals surface area contributed by atoms with Crippen LogP contribution in [0.15, 0.2) is 48.5 Å². The van der Waals surface area contributed by atoms with Gasteiger partial charge < -0.3 is 10.6 Å². The number of aryl methyl sites for hydroxylation is 1. The third-order valence-electron chi connectivity index (χ3n) is 5.47. The van der Waals surface area contributed by atoms with Gasteiger partial charge in [-0.3, -0.25) is 9.59 Å². The lowest BCUT2D eigenvalue weighted by molar-refractivity contribution is -0.128. The van der Waals surface area contributed by atoms with E-state index in [2.05, 4.69) is 10.6 Å². The first-order valence-electron chi connectivity index (χ1n) is 9.91. The van der Waals surface area contributed by atoms with Crippen LogP contribution in [0.5, 0.6) is 0 Å². The predicted octanol–water partition coefficient (Wildman–Crippen LogP) is 4.75. The summed E-state index contributed by atoms with van der Waals surface area (Å²) in [6.07, 6.45) is 3.79. The minimum Gasteiger partial charge on any atom is -0.356 e. The van der Waals surface area contributed by atoms with Gasteiger partial charge in [0.25, 0.3) is 0 Å². The smallest absolute Gasteiger partial charge is 0.227 e. The second-order valence-corrected chi connectivity index (χ2v) is 7.96. The number of carbonyl (C=O) groups excluding carboxylic acids is 2. The summed E-state index contributed by atoms with van der Waals surface area (Å²) in [7, 11) is 0. The Bertz CT molecular complexity index is 829. The Morgan fingerprint density at radius 2 is 1.64 bits per heavy atom. The summed E-state index contributed by atoms with van der Waals surface area (Å²) in [5.41, 5.74) is 3.04. The summed E-state index contributed by atoms with van der Waals surface area (Å²) in [4.78, 5) is 25.0. The van der Waals surface area contributed by atoms with E-state index in [-0.39, 0.29) is 23.7 Å². The van der Waals surface area contributed by atoms with Crippen molar-refractivity contribution in [2.75, 3.05) is 11.9 Å². The second-order valence-electron chi connectivity index (χ2n) is 7.52. The number of rotatable bonds is 6. The van der Waals surface area contributed by atoms with Crippen molar-refractivity contribution in [1.29, 1.82) is 0 Å². The molecule has 28 heavy (non-hydrogen) atoms. The molecule has 0 unspecified atom stereocenters. The SMILES string of the molecule is Cc1ccccc1NC(=O)C1CCC(C(=O)NCCc2cccc(Cl)c2)CC1. The largest absolute Gasteiger partial charge is 0.356 e. The van der Waals surface area contributed by atoms with Crippen LogP contribution >= 0.6 is 11.6 Å². The van der Waals surface area contributed by atoms with Gasteiger partial charge in [-0.15, -0.1) is 0 Å². The van der Waals surface area contributed by atoms with Crippen LogP contribution in [0.3, 0.4) is 0 Å². The fourth-order valence-electron chi connectivity index (χ4n) is 3.73. The van der Waals surface area contributed by atoms with Gasteiger partial charge in [-0.25, -0.2) is 0 Å². The molecular weight excluding hydrogens is 372 g/mol. The summed E-state index contributed by atoms with van der Waals surface area (Å²) in [5.74, 6) is 0.144. The molecule has 148 valence electrons. The Hall–Kier alpha value is -2.33. The average Bonchev–Trinajstić information content (AvgIpc) is 2.70. The minimum absolute atomic E-state index is 0.00173. The fraction of sp³-hybridized carbons (Fsp3) is 0.391. The first-order valence-corrected chi connectivity index (χ1v) is 10.3. The first kappa shape index (κ1) is 20.4. The maximum atomic E-state index is 12.5. The topological polar surface area (TPSA) is 58.2 Å². The van der Waals surface area contributed by atoms with Gasteiger partial charge in [0.05, 0.1) is 0 Å². The molecule has 2 amide bonds. The number of carbonyl (C=O) groups is 2. The molecule has 0 aromatic heterocycles. The quantitative estimate of drug-likeness (QED) is 0.737. The number of halogens is 1. The van der Waals surface area contributed by atoms with E-state index in [1.807, 2.05) is 55.5 Å². The third kappa shape index (κ3) is 5.59. The second kappa shape index (κ2) is 9.74. The van der Waals surface area contributed by atoms with Gasteiger partial charge in [0.1, 0.15) is 0 Å². The first-order chi connectivity index (χ1) is 13.5. The molecular formula is C23H27ClN2O2. The zero-order chi connectivity index (χ0) is 19.9. The predicted molar refractivity (Wildman–Crippen MR) is 113 cm³/mol. The zero-order valence-electron chi connectivity index (χ0n) is 16.2. The summed E-state index contributed by atoms with van der Waals surface area (Å²) >= 11 is 5.99. The van der Waals surface area contributed by atoms with Crippen LogP contribution in [0, 0.1) is 18.8 Å². The molecule has 0 atom stereocenters. The van der Waals surface area contributed by atoms with Gasteiger partial charge in [-0.2, -0.15) is 0 Å². The Balaban J connectivity index is 1.41. The molecule has 0 bridgehead atoms. The molecule has 4 nitrogen and oxygen atoms in total. The number of nitrogens with one attached hydrogen (secondary N) is 2. The van der Waals surface area contributed by atoms with Crippen molar-refractivity contribution in [3.8, 4) is 0 Å². The molecule has 2 N–H and O–H groups in total. The highest BCUT2D eigenvalue weighted by atomic mass is 35.5. The van der Waals surface area contributed by atoms with Crippen LogP contribution < -0.4 is 10.6 Å². The van der Waals surface area contributed by atoms with Crippen LogP contribution in [-0.4, -0.2) is 18.4 Å². The van der Waals surface area contributed by atoms with E-state index in [9.17, 15) is 9.59 Å². The maximum absolute atomic E-state index is 12.5. The maximum Gasteiger partial charge on any atom is 0.227 e. The highest BCUT2D eigenvalue weighted by molar-refractivity contribution is 6.30. The molecule has 2 aromatic rings. The van der Waals surface area contributed by atoms with Crippen molar-refractivity contribution in [2.24, 2.45) is 11.8 Å². The van der Waals surface area contributed by atoms with Gasteiger partial charge in [0.2, 0.25) is 11.8 Å². The molecule has 1 saturated carbocycles. The molecule has 3 rings (SSSR count). The summed E-state index contributed by atoms with van der Waals surface area (Å²) in [6, 6.07) is 15.5. The lowest BCUT2D eigenvalue weighted by Crippen LogP contribution is -2.36. The molecule has 1 aliphatic rings. The standard InChI is InChI=1S/C23H27ClN2O2/c1-16-5-2-3-8-21(16)26-23(28)19-11-9-18(10-12-19)22(27)25-14-13-17-6-4-7-20(24)15-17/h2-8,15,18-19H,9-14H2,1H3,(H,25,27)(H,26,28). The normalized spacial score (nSPS) is 19.1. The monoisotopic (exact) mass is 398 g/mol. The number of hydrogen-bond acceptors (Lipinski definition) is 2. The zero-order valence-corrected chi connectivity index (χ0v) is 17.0. The Labute approximate surface area is 171 Å². The molecule has 0 spiro atoms. The molecule has 0 aliphatic heterocycles. The van der Waals surface area contributed by atoms with Crippen molar-refractivity contribution < 1.29 is 9.59 Å². The van der Waals surface area contributed by atoms with Gasteiger partial charge in [-0.1, -0.05) is 41.9 Å². The van der Waals surface area contributed by atoms with Crippen LogP contribution in [0.1, 0.15) is 36.8 Å². The molecule has 1 fully saturated rings. The summed E-state index contributed by atoms with van der Waals surface area (Å²) < 4.78 is 0. The summed E-state index contributed by atoms with van der Waals surface area (Å²) in [6.45, 7) is 2.59. The van der Waals surface area contributed by atoms with E-state index >= 15 is 0 Å². The van der Waals surface area contributed by atoms with Crippen LogP contribution in [0.2, 0.25) is 5.02 Å². The van der Waals surface area contributed by atoms with Crippen molar-refractivity contribution in [3.63, 3.8) is 0 Å². The molecule has 0 heterocycles. The van der Waals surface area contributed by atoms with Crippen molar-refractivity contribution in [2.45, 2.75) is 39.0 Å². The molecule has 5 heteroatoms. The van der Waals surface area contributed by atoms with E-state index in [1.54, 1.807) is 0 Å². The number of para-hydroxylation sites is 1. The number of anilines is 1. The molecule has 0 saturated heterocycles. The number of amides is 2. The van der Waals surface area contributed by atoms with Gasteiger partial charge in [0.15, 0.2) is 0 Å². The molecule has 0 radical (unpaired) electrons. The fourth-order valence-corrected chi connectivity index (χ4v) is 3.95. The third-order valence-corrected chi connectivity index (χ3v) is 5.71. The van der Waals surface area contributed by atoms with E-state index < -0.39 is 0 Å². The Morgan fingerprint density at radius 3 is 2.32 bits per heavy atom. The van der Waals surface area contributed by atoms with E-state index in [0.717, 1.165) is 48.9 Å². The lowest BCUT2D eigenvalue weighted by atomic mass is 9.81. The van der Waals surface area contributed by atoms with E-state index in [4.69, 9.17) is 11.6 Å². The van der Waals surface area contributed by atoms with Gasteiger partial charge in [-0.05, 0) is 68.4 Å². The van der Waals surface area contributed by atoms with Crippen molar-refractivity contribution >= 4 is 29.1 Å². The van der Waals surface area contributed by atoms with Gasteiger partial charge in [0, 0.05) is 29.1 Å². The van der Waals surface area contributed by atoms with E-state index in [1.165, 1.54) is 0 Å². The Kier molecular flexibility index (Phi) is 7.10. The summed E-state index contributed by atoms with van der Waals surface area (Å²) in [5, 5.41) is 6.77. The van der Waals surface area contributed by atoms with Gasteiger partial charge >= 0.3 is 0 Å².